The SMILES string of the molecule is COC(=O)C(CCNC(=O)OC(C)(C)C)NC(=O)C(Cc1c(C)cc(O)cc1C)NC(=O)C(CCNC(=N)N)NC(=O)OC(C)(C)C. The summed E-state index contributed by atoms with van der Waals surface area (Å²) >= 11 is 0. The molecule has 0 aromatic heterocycles. The number of rotatable bonds is 14. The minimum atomic E-state index is -1.28. The summed E-state index contributed by atoms with van der Waals surface area (Å²) in [6.07, 6.45) is -1.73. The van der Waals surface area contributed by atoms with Gasteiger partial charge in [-0.2, -0.15) is 0 Å². The number of carbonyl (C=O) groups excluding carboxylic acids is 5. The zero-order chi connectivity index (χ0) is 36.1. The molecule has 1 aromatic carbocycles. The van der Waals surface area contributed by atoms with Gasteiger partial charge in [0.05, 0.1) is 7.11 Å². The van der Waals surface area contributed by atoms with E-state index in [2.05, 4.69) is 26.6 Å². The summed E-state index contributed by atoms with van der Waals surface area (Å²) in [5, 5.41) is 30.3. The van der Waals surface area contributed by atoms with E-state index in [1.165, 1.54) is 12.1 Å². The van der Waals surface area contributed by atoms with Gasteiger partial charge in [-0.05, 0) is 97.1 Å². The van der Waals surface area contributed by atoms with Crippen molar-refractivity contribution in [1.29, 1.82) is 5.41 Å². The van der Waals surface area contributed by atoms with Gasteiger partial charge >= 0.3 is 18.2 Å². The first-order chi connectivity index (χ1) is 21.6. The van der Waals surface area contributed by atoms with Crippen molar-refractivity contribution in [2.75, 3.05) is 20.2 Å². The molecule has 1 rings (SSSR count). The molecule has 0 aliphatic rings. The Morgan fingerprint density at radius 1 is 0.787 bits per heavy atom. The van der Waals surface area contributed by atoms with Gasteiger partial charge in [-0.25, -0.2) is 14.4 Å². The molecule has 264 valence electrons. The van der Waals surface area contributed by atoms with Gasteiger partial charge in [0.25, 0.3) is 0 Å². The predicted octanol–water partition coefficient (Wildman–Crippen LogP) is 1.38. The Bertz CT molecular complexity index is 1270. The van der Waals surface area contributed by atoms with Crippen molar-refractivity contribution in [3.05, 3.63) is 28.8 Å². The summed E-state index contributed by atoms with van der Waals surface area (Å²) in [4.78, 5) is 64.7. The number of methoxy groups -OCH3 is 1. The molecule has 16 nitrogen and oxygen atoms in total. The average molecular weight is 666 g/mol. The fraction of sp³-hybridized carbons (Fsp3) is 0.613. The molecule has 0 spiro atoms. The number of amides is 4. The van der Waals surface area contributed by atoms with Crippen LogP contribution in [0.4, 0.5) is 9.59 Å². The first kappa shape index (κ1) is 40.3. The topological polar surface area (TPSA) is 243 Å². The van der Waals surface area contributed by atoms with E-state index in [4.69, 9.17) is 25.4 Å². The van der Waals surface area contributed by atoms with Crippen LogP contribution in [0.3, 0.4) is 0 Å². The van der Waals surface area contributed by atoms with Crippen LogP contribution in [-0.2, 0) is 35.0 Å². The Labute approximate surface area is 275 Å². The molecule has 0 bridgehead atoms. The highest BCUT2D eigenvalue weighted by molar-refractivity contribution is 5.93. The lowest BCUT2D eigenvalue weighted by Gasteiger charge is -2.27. The maximum atomic E-state index is 13.8. The second-order valence-electron chi connectivity index (χ2n) is 13.0. The molecule has 0 saturated heterocycles. The average Bonchev–Trinajstić information content (AvgIpc) is 2.90. The van der Waals surface area contributed by atoms with E-state index in [1.807, 2.05) is 0 Å². The fourth-order valence-corrected chi connectivity index (χ4v) is 4.34. The maximum absolute atomic E-state index is 13.8. The number of benzene rings is 1. The standard InChI is InChI=1S/C31H51N7O9/c1-17-14-19(39)15-18(2)20(17)16-23(25(41)36-22(26(42)45-9)11-13-35-28(43)46-30(3,4)5)37-24(40)21(10-12-34-27(32)33)38-29(44)47-31(6,7)8/h14-15,21-23,39H,10-13,16H2,1-9H3,(H,35,43)(H,36,41)(H,37,40)(H,38,44)(H4,32,33,34). The van der Waals surface area contributed by atoms with Crippen LogP contribution >= 0.6 is 0 Å². The molecule has 4 amide bonds. The van der Waals surface area contributed by atoms with Gasteiger partial charge in [-0.3, -0.25) is 15.0 Å². The van der Waals surface area contributed by atoms with Crippen molar-refractivity contribution >= 4 is 35.9 Å². The minimum absolute atomic E-state index is 0.0247. The minimum Gasteiger partial charge on any atom is -0.508 e. The smallest absolute Gasteiger partial charge is 0.408 e. The van der Waals surface area contributed by atoms with Gasteiger partial charge in [-0.15, -0.1) is 0 Å². The number of guanidine groups is 1. The van der Waals surface area contributed by atoms with Crippen LogP contribution in [0.25, 0.3) is 0 Å². The number of ether oxygens (including phenoxy) is 3. The zero-order valence-corrected chi connectivity index (χ0v) is 28.7. The van der Waals surface area contributed by atoms with Gasteiger partial charge in [0, 0.05) is 19.5 Å². The molecule has 3 unspecified atom stereocenters. The van der Waals surface area contributed by atoms with Crippen LogP contribution in [0, 0.1) is 19.3 Å². The summed E-state index contributed by atoms with van der Waals surface area (Å²) in [7, 11) is 1.15. The molecule has 9 N–H and O–H groups in total. The third-order valence-corrected chi connectivity index (χ3v) is 6.38. The largest absolute Gasteiger partial charge is 0.508 e. The number of carbonyl (C=O) groups is 5. The number of nitrogens with two attached hydrogens (primary N) is 1. The third-order valence-electron chi connectivity index (χ3n) is 6.38. The second-order valence-corrected chi connectivity index (χ2v) is 13.0. The van der Waals surface area contributed by atoms with Gasteiger partial charge in [0.1, 0.15) is 35.1 Å². The molecule has 3 atom stereocenters. The summed E-state index contributed by atoms with van der Waals surface area (Å²) in [5.41, 5.74) is 5.71. The molecule has 1 aromatic rings. The van der Waals surface area contributed by atoms with Gasteiger partial charge in [-0.1, -0.05) is 0 Å². The van der Waals surface area contributed by atoms with Crippen molar-refractivity contribution < 1.29 is 43.3 Å². The highest BCUT2D eigenvalue weighted by atomic mass is 16.6. The number of hydrogen-bond acceptors (Lipinski definition) is 10. The number of aryl methyl sites for hydroxylation is 2. The van der Waals surface area contributed by atoms with Crippen molar-refractivity contribution in [1.82, 2.24) is 26.6 Å². The van der Waals surface area contributed by atoms with E-state index >= 15 is 0 Å². The van der Waals surface area contributed by atoms with E-state index in [9.17, 15) is 29.1 Å². The van der Waals surface area contributed by atoms with E-state index in [1.54, 1.807) is 55.4 Å². The van der Waals surface area contributed by atoms with Gasteiger partial charge < -0.3 is 51.6 Å². The van der Waals surface area contributed by atoms with E-state index in [-0.39, 0.29) is 44.1 Å². The second kappa shape index (κ2) is 17.8. The summed E-state index contributed by atoms with van der Waals surface area (Å²) in [6.45, 7) is 13.5. The lowest BCUT2D eigenvalue weighted by Crippen LogP contribution is -2.57. The first-order valence-electron chi connectivity index (χ1n) is 15.1. The summed E-state index contributed by atoms with van der Waals surface area (Å²) in [6, 6.07) is -0.681. The number of esters is 1. The monoisotopic (exact) mass is 665 g/mol. The number of nitrogens with one attached hydrogen (secondary N) is 6. The van der Waals surface area contributed by atoms with E-state index in [0.717, 1.165) is 7.11 Å². The Kier molecular flexibility index (Phi) is 15.3. The zero-order valence-electron chi connectivity index (χ0n) is 28.7. The van der Waals surface area contributed by atoms with Crippen molar-refractivity contribution in [2.45, 2.75) is 104 Å². The summed E-state index contributed by atoms with van der Waals surface area (Å²) in [5.74, 6) is -2.61. The van der Waals surface area contributed by atoms with E-state index < -0.39 is 59.3 Å². The normalized spacial score (nSPS) is 13.2. The van der Waals surface area contributed by atoms with E-state index in [0.29, 0.717) is 16.7 Å². The Morgan fingerprint density at radius 3 is 1.77 bits per heavy atom. The molecule has 0 saturated carbocycles. The number of phenolic OH excluding ortho intramolecular Hbond substituents is 1. The molecular formula is C31H51N7O9. The number of phenols is 1. The van der Waals surface area contributed by atoms with Gasteiger partial charge in [0.2, 0.25) is 11.8 Å². The Morgan fingerprint density at radius 2 is 1.26 bits per heavy atom. The number of hydrogen-bond donors (Lipinski definition) is 8. The molecule has 47 heavy (non-hydrogen) atoms. The van der Waals surface area contributed by atoms with Crippen molar-refractivity contribution in [3.63, 3.8) is 0 Å². The third kappa shape index (κ3) is 15.9. The number of alkyl carbamates (subject to hydrolysis) is 2. The van der Waals surface area contributed by atoms with Crippen molar-refractivity contribution in [3.8, 4) is 5.75 Å². The van der Waals surface area contributed by atoms with Gasteiger partial charge in [0.15, 0.2) is 5.96 Å². The maximum Gasteiger partial charge on any atom is 0.408 e. The Hall–Kier alpha value is -4.76. The highest BCUT2D eigenvalue weighted by Crippen LogP contribution is 2.22. The van der Waals surface area contributed by atoms with Crippen LogP contribution in [0.5, 0.6) is 5.75 Å². The predicted molar refractivity (Wildman–Crippen MR) is 174 cm³/mol. The molecule has 0 heterocycles. The lowest BCUT2D eigenvalue weighted by molar-refractivity contribution is -0.145. The first-order valence-corrected chi connectivity index (χ1v) is 15.1. The Balaban J connectivity index is 3.33. The molecular weight excluding hydrogens is 614 g/mol. The quantitative estimate of drug-likeness (QED) is 0.0611. The van der Waals surface area contributed by atoms with Crippen molar-refractivity contribution in [2.24, 2.45) is 5.73 Å². The van der Waals surface area contributed by atoms with Crippen LogP contribution in [0.2, 0.25) is 0 Å². The molecule has 16 heteroatoms. The van der Waals surface area contributed by atoms with Crippen LogP contribution in [0.1, 0.15) is 71.1 Å². The van der Waals surface area contributed by atoms with Crippen LogP contribution < -0.4 is 32.3 Å². The highest BCUT2D eigenvalue weighted by Gasteiger charge is 2.32. The molecule has 0 fully saturated rings. The van der Waals surface area contributed by atoms with Crippen LogP contribution in [-0.4, -0.2) is 90.6 Å². The fourth-order valence-electron chi connectivity index (χ4n) is 4.34. The number of aromatic hydroxyl groups is 1. The molecule has 0 radical (unpaired) electrons. The molecule has 0 aliphatic heterocycles. The molecule has 0 aliphatic carbocycles. The lowest BCUT2D eigenvalue weighted by atomic mass is 9.95. The summed E-state index contributed by atoms with van der Waals surface area (Å²) < 4.78 is 15.4. The van der Waals surface area contributed by atoms with Crippen LogP contribution in [0.15, 0.2) is 12.1 Å².